The average molecular weight is 362 g/mol. The lowest BCUT2D eigenvalue weighted by Gasteiger charge is -2.10. The van der Waals surface area contributed by atoms with Crippen LogP contribution >= 0.6 is 0 Å². The van der Waals surface area contributed by atoms with Gasteiger partial charge < -0.3 is 15.4 Å². The Kier molecular flexibility index (Phi) is 5.66. The Morgan fingerprint density at radius 2 is 1.81 bits per heavy atom. The largest absolute Gasteiger partial charge is 0.497 e. The van der Waals surface area contributed by atoms with Crippen LogP contribution in [0.4, 0.5) is 11.5 Å². The number of aromatic nitrogens is 2. The molecule has 0 saturated heterocycles. The van der Waals surface area contributed by atoms with Crippen molar-refractivity contribution < 1.29 is 9.53 Å². The van der Waals surface area contributed by atoms with Crippen molar-refractivity contribution in [1.82, 2.24) is 9.97 Å². The van der Waals surface area contributed by atoms with Gasteiger partial charge in [-0.3, -0.25) is 4.79 Å². The fourth-order valence-electron chi connectivity index (χ4n) is 2.53. The minimum absolute atomic E-state index is 0.269. The maximum Gasteiger partial charge on any atom is 0.275 e. The van der Waals surface area contributed by atoms with Crippen molar-refractivity contribution in [2.75, 3.05) is 17.7 Å². The Balaban J connectivity index is 1.60. The molecule has 27 heavy (non-hydrogen) atoms. The molecule has 1 aromatic heterocycles. The van der Waals surface area contributed by atoms with E-state index in [1.54, 1.807) is 13.3 Å². The number of carbonyl (C=O) groups excluding carboxylic acids is 1. The van der Waals surface area contributed by atoms with E-state index in [-0.39, 0.29) is 11.6 Å². The van der Waals surface area contributed by atoms with Crippen LogP contribution in [0.1, 0.15) is 27.2 Å². The maximum atomic E-state index is 12.4. The van der Waals surface area contributed by atoms with Crippen LogP contribution in [-0.2, 0) is 6.54 Å². The van der Waals surface area contributed by atoms with E-state index in [4.69, 9.17) is 4.74 Å². The van der Waals surface area contributed by atoms with E-state index in [0.717, 1.165) is 28.1 Å². The van der Waals surface area contributed by atoms with Crippen molar-refractivity contribution in [1.29, 1.82) is 0 Å². The van der Waals surface area contributed by atoms with Gasteiger partial charge in [-0.25, -0.2) is 9.97 Å². The molecular formula is C21H22N4O2. The standard InChI is InChI=1S/C21H22N4O2/c1-14-4-5-15(2)18(10-14)25-21(26)19-12-24-20(13-22-19)23-11-16-6-8-17(27-3)9-7-16/h4-10,12-13H,11H2,1-3H3,(H,23,24)(H,25,26). The number of hydrogen-bond acceptors (Lipinski definition) is 5. The summed E-state index contributed by atoms with van der Waals surface area (Å²) in [7, 11) is 1.64. The zero-order valence-corrected chi connectivity index (χ0v) is 15.6. The summed E-state index contributed by atoms with van der Waals surface area (Å²) in [6.07, 6.45) is 3.03. The molecule has 0 unspecified atom stereocenters. The second kappa shape index (κ2) is 8.31. The Morgan fingerprint density at radius 3 is 2.48 bits per heavy atom. The highest BCUT2D eigenvalue weighted by Crippen LogP contribution is 2.17. The van der Waals surface area contributed by atoms with Crippen LogP contribution in [0.15, 0.2) is 54.9 Å². The maximum absolute atomic E-state index is 12.4. The molecule has 0 aliphatic carbocycles. The van der Waals surface area contributed by atoms with Crippen molar-refractivity contribution in [2.24, 2.45) is 0 Å². The number of amides is 1. The molecule has 0 radical (unpaired) electrons. The van der Waals surface area contributed by atoms with Crippen molar-refractivity contribution in [3.8, 4) is 5.75 Å². The summed E-state index contributed by atoms with van der Waals surface area (Å²) in [4.78, 5) is 20.9. The normalized spacial score (nSPS) is 10.3. The number of rotatable bonds is 6. The van der Waals surface area contributed by atoms with Crippen LogP contribution in [0.5, 0.6) is 5.75 Å². The van der Waals surface area contributed by atoms with E-state index in [0.29, 0.717) is 12.4 Å². The van der Waals surface area contributed by atoms with Gasteiger partial charge in [-0.15, -0.1) is 0 Å². The molecule has 3 aromatic rings. The lowest BCUT2D eigenvalue weighted by atomic mass is 10.1. The van der Waals surface area contributed by atoms with Gasteiger partial charge in [0.25, 0.3) is 5.91 Å². The van der Waals surface area contributed by atoms with Crippen LogP contribution in [-0.4, -0.2) is 23.0 Å². The Labute approximate surface area is 158 Å². The van der Waals surface area contributed by atoms with Gasteiger partial charge >= 0.3 is 0 Å². The smallest absolute Gasteiger partial charge is 0.275 e. The Bertz CT molecular complexity index is 922. The highest BCUT2D eigenvalue weighted by atomic mass is 16.5. The summed E-state index contributed by atoms with van der Waals surface area (Å²) in [5, 5.41) is 6.07. The lowest BCUT2D eigenvalue weighted by Crippen LogP contribution is -2.15. The molecule has 2 aromatic carbocycles. The summed E-state index contributed by atoms with van der Waals surface area (Å²) < 4.78 is 5.14. The number of ether oxygens (including phenoxy) is 1. The van der Waals surface area contributed by atoms with E-state index in [9.17, 15) is 4.79 Å². The molecule has 1 heterocycles. The Morgan fingerprint density at radius 1 is 1.04 bits per heavy atom. The van der Waals surface area contributed by atoms with E-state index in [1.165, 1.54) is 6.20 Å². The fourth-order valence-corrected chi connectivity index (χ4v) is 2.53. The van der Waals surface area contributed by atoms with Gasteiger partial charge in [-0.2, -0.15) is 0 Å². The minimum atomic E-state index is -0.280. The van der Waals surface area contributed by atoms with Crippen molar-refractivity contribution in [3.05, 3.63) is 77.2 Å². The first-order chi connectivity index (χ1) is 13.0. The summed E-state index contributed by atoms with van der Waals surface area (Å²) in [5.74, 6) is 1.14. The van der Waals surface area contributed by atoms with E-state index in [1.807, 2.05) is 56.3 Å². The van der Waals surface area contributed by atoms with E-state index < -0.39 is 0 Å². The third kappa shape index (κ3) is 4.82. The van der Waals surface area contributed by atoms with Crippen LogP contribution in [0, 0.1) is 13.8 Å². The predicted octanol–water partition coefficient (Wildman–Crippen LogP) is 3.97. The van der Waals surface area contributed by atoms with Crippen LogP contribution in [0.25, 0.3) is 0 Å². The number of hydrogen-bond donors (Lipinski definition) is 2. The predicted molar refractivity (Wildman–Crippen MR) is 106 cm³/mol. The van der Waals surface area contributed by atoms with Crippen molar-refractivity contribution in [3.63, 3.8) is 0 Å². The monoisotopic (exact) mass is 362 g/mol. The molecule has 3 rings (SSSR count). The molecule has 2 N–H and O–H groups in total. The van der Waals surface area contributed by atoms with E-state index in [2.05, 4.69) is 20.6 Å². The molecular weight excluding hydrogens is 340 g/mol. The number of aryl methyl sites for hydroxylation is 2. The molecule has 0 aliphatic rings. The number of benzene rings is 2. The molecule has 6 heteroatoms. The molecule has 0 spiro atoms. The highest BCUT2D eigenvalue weighted by Gasteiger charge is 2.10. The first kappa shape index (κ1) is 18.4. The lowest BCUT2D eigenvalue weighted by molar-refractivity contribution is 0.102. The molecule has 0 bridgehead atoms. The quantitative estimate of drug-likeness (QED) is 0.694. The summed E-state index contributed by atoms with van der Waals surface area (Å²) in [6.45, 7) is 4.54. The number of methoxy groups -OCH3 is 1. The minimum Gasteiger partial charge on any atom is -0.497 e. The van der Waals surface area contributed by atoms with Gasteiger partial charge in [-0.05, 0) is 48.7 Å². The van der Waals surface area contributed by atoms with Crippen molar-refractivity contribution in [2.45, 2.75) is 20.4 Å². The zero-order chi connectivity index (χ0) is 19.2. The number of anilines is 2. The van der Waals surface area contributed by atoms with Gasteiger partial charge in [-0.1, -0.05) is 24.3 Å². The van der Waals surface area contributed by atoms with E-state index >= 15 is 0 Å². The van der Waals surface area contributed by atoms with Gasteiger partial charge in [0.15, 0.2) is 0 Å². The first-order valence-electron chi connectivity index (χ1n) is 8.62. The molecule has 0 aliphatic heterocycles. The summed E-state index contributed by atoms with van der Waals surface area (Å²) in [6, 6.07) is 13.7. The second-order valence-electron chi connectivity index (χ2n) is 6.26. The third-order valence-electron chi connectivity index (χ3n) is 4.16. The average Bonchev–Trinajstić information content (AvgIpc) is 2.70. The zero-order valence-electron chi connectivity index (χ0n) is 15.6. The first-order valence-corrected chi connectivity index (χ1v) is 8.62. The van der Waals surface area contributed by atoms with Crippen LogP contribution in [0.3, 0.4) is 0 Å². The second-order valence-corrected chi connectivity index (χ2v) is 6.26. The molecule has 138 valence electrons. The molecule has 0 saturated carbocycles. The van der Waals surface area contributed by atoms with Gasteiger partial charge in [0.05, 0.1) is 19.5 Å². The highest BCUT2D eigenvalue weighted by molar-refractivity contribution is 6.03. The SMILES string of the molecule is COc1ccc(CNc2cnc(C(=O)Nc3cc(C)ccc3C)cn2)cc1. The summed E-state index contributed by atoms with van der Waals surface area (Å²) in [5.41, 5.74) is 4.23. The Hall–Kier alpha value is -3.41. The molecule has 0 fully saturated rings. The fraction of sp³-hybridized carbons (Fsp3) is 0.190. The van der Waals surface area contributed by atoms with Gasteiger partial charge in [0.2, 0.25) is 0 Å². The van der Waals surface area contributed by atoms with Gasteiger partial charge in [0, 0.05) is 12.2 Å². The number of carbonyl (C=O) groups is 1. The number of nitrogens with one attached hydrogen (secondary N) is 2. The van der Waals surface area contributed by atoms with Crippen LogP contribution < -0.4 is 15.4 Å². The topological polar surface area (TPSA) is 76.1 Å². The van der Waals surface area contributed by atoms with Crippen LogP contribution in [0.2, 0.25) is 0 Å². The number of nitrogens with zero attached hydrogens (tertiary/aromatic N) is 2. The van der Waals surface area contributed by atoms with Crippen molar-refractivity contribution >= 4 is 17.4 Å². The summed E-state index contributed by atoms with van der Waals surface area (Å²) >= 11 is 0. The molecule has 6 nitrogen and oxygen atoms in total. The molecule has 0 atom stereocenters. The molecule has 1 amide bonds. The third-order valence-corrected chi connectivity index (χ3v) is 4.16. The van der Waals surface area contributed by atoms with Gasteiger partial charge in [0.1, 0.15) is 17.3 Å².